The van der Waals surface area contributed by atoms with Gasteiger partial charge in [-0.05, 0) is 79.8 Å². The predicted molar refractivity (Wildman–Crippen MR) is 125 cm³/mol. The number of para-hydroxylation sites is 1. The minimum atomic E-state index is -3.90. The van der Waals surface area contributed by atoms with Crippen LogP contribution in [0.25, 0.3) is 0 Å². The van der Waals surface area contributed by atoms with Crippen LogP contribution in [0.15, 0.2) is 59.5 Å². The number of benzene rings is 3. The molecule has 3 aromatic carbocycles. The molecule has 1 amide bonds. The molecule has 2 N–H and O–H groups in total. The first-order chi connectivity index (χ1) is 14.6. The van der Waals surface area contributed by atoms with Crippen LogP contribution < -0.4 is 10.0 Å². The van der Waals surface area contributed by atoms with Crippen molar-refractivity contribution >= 4 is 33.2 Å². The first-order valence-corrected chi connectivity index (χ1v) is 11.7. The molecule has 0 atom stereocenters. The van der Waals surface area contributed by atoms with E-state index >= 15 is 0 Å². The number of halogens is 1. The molecular formula is C24H25ClN2O3S. The quantitative estimate of drug-likeness (QED) is 0.528. The molecule has 0 aliphatic carbocycles. The maximum Gasteiger partial charge on any atom is 0.262 e. The van der Waals surface area contributed by atoms with Gasteiger partial charge in [0.2, 0.25) is 0 Å². The Bertz CT molecular complexity index is 1230. The van der Waals surface area contributed by atoms with E-state index < -0.39 is 10.0 Å². The summed E-state index contributed by atoms with van der Waals surface area (Å²) >= 11 is 5.99. The van der Waals surface area contributed by atoms with Gasteiger partial charge in [0.05, 0.1) is 16.1 Å². The van der Waals surface area contributed by atoms with Crippen molar-refractivity contribution in [3.8, 4) is 0 Å². The summed E-state index contributed by atoms with van der Waals surface area (Å²) in [6, 6.07) is 15.7. The first-order valence-electron chi connectivity index (χ1n) is 9.82. The topological polar surface area (TPSA) is 75.3 Å². The lowest BCUT2D eigenvalue weighted by Crippen LogP contribution is -2.25. The molecule has 162 valence electrons. The third kappa shape index (κ3) is 5.09. The van der Waals surface area contributed by atoms with E-state index in [1.54, 1.807) is 56.3 Å². The second-order valence-electron chi connectivity index (χ2n) is 7.55. The van der Waals surface area contributed by atoms with Crippen LogP contribution in [0.2, 0.25) is 5.02 Å². The number of sulfonamides is 1. The summed E-state index contributed by atoms with van der Waals surface area (Å²) in [4.78, 5) is 13.1. The van der Waals surface area contributed by atoms with E-state index in [1.807, 2.05) is 26.0 Å². The van der Waals surface area contributed by atoms with Crippen LogP contribution in [0.4, 0.5) is 5.69 Å². The lowest BCUT2D eigenvalue weighted by molar-refractivity contribution is 0.0952. The van der Waals surface area contributed by atoms with Crippen LogP contribution >= 0.6 is 11.6 Å². The molecule has 0 heterocycles. The summed E-state index contributed by atoms with van der Waals surface area (Å²) in [5, 5.41) is 3.40. The average molecular weight is 457 g/mol. The molecule has 3 aromatic rings. The number of rotatable bonds is 6. The molecule has 7 heteroatoms. The summed E-state index contributed by atoms with van der Waals surface area (Å²) in [7, 11) is -3.90. The molecule has 0 unspecified atom stereocenters. The van der Waals surface area contributed by atoms with E-state index in [2.05, 4.69) is 10.0 Å². The number of carbonyl (C=O) groups is 1. The highest BCUT2D eigenvalue weighted by Crippen LogP contribution is 2.28. The standard InChI is InChI=1S/C24H25ClN2O3S/c1-15-12-16(2)18(4)23(17(15)3)31(29,30)27-22-11-6-5-10-21(22)24(28)26-14-19-8-7-9-20(25)13-19/h5-13,27H,14H2,1-4H3,(H,26,28). The van der Waals surface area contributed by atoms with Crippen molar-refractivity contribution in [2.24, 2.45) is 0 Å². The maximum atomic E-state index is 13.3. The Morgan fingerprint density at radius 3 is 2.19 bits per heavy atom. The van der Waals surface area contributed by atoms with Crippen LogP contribution in [0.3, 0.4) is 0 Å². The molecule has 0 aliphatic heterocycles. The Labute approximate surface area is 188 Å². The minimum absolute atomic E-state index is 0.226. The first kappa shape index (κ1) is 22.8. The van der Waals surface area contributed by atoms with E-state index in [0.29, 0.717) is 16.1 Å². The second kappa shape index (κ2) is 9.12. The van der Waals surface area contributed by atoms with Gasteiger partial charge in [-0.3, -0.25) is 9.52 Å². The van der Waals surface area contributed by atoms with Crippen molar-refractivity contribution in [1.29, 1.82) is 0 Å². The number of aryl methyl sites for hydroxylation is 2. The summed E-state index contributed by atoms with van der Waals surface area (Å²) in [5.41, 5.74) is 4.50. The van der Waals surface area contributed by atoms with Gasteiger partial charge < -0.3 is 5.32 Å². The lowest BCUT2D eigenvalue weighted by atomic mass is 10.0. The van der Waals surface area contributed by atoms with Crippen molar-refractivity contribution in [2.45, 2.75) is 39.1 Å². The summed E-state index contributed by atoms with van der Waals surface area (Å²) in [5.74, 6) is -0.382. The van der Waals surface area contributed by atoms with Crippen LogP contribution in [0.1, 0.15) is 38.2 Å². The van der Waals surface area contributed by atoms with E-state index in [0.717, 1.165) is 16.7 Å². The van der Waals surface area contributed by atoms with Crippen LogP contribution in [0, 0.1) is 27.7 Å². The fraction of sp³-hybridized carbons (Fsp3) is 0.208. The minimum Gasteiger partial charge on any atom is -0.348 e. The molecular weight excluding hydrogens is 432 g/mol. The number of amides is 1. The van der Waals surface area contributed by atoms with E-state index in [4.69, 9.17) is 11.6 Å². The summed E-state index contributed by atoms with van der Waals surface area (Å²) in [6.45, 7) is 7.63. The number of hydrogen-bond acceptors (Lipinski definition) is 3. The lowest BCUT2D eigenvalue weighted by Gasteiger charge is -2.18. The largest absolute Gasteiger partial charge is 0.348 e. The Hall–Kier alpha value is -2.83. The SMILES string of the molecule is Cc1cc(C)c(C)c(S(=O)(=O)Nc2ccccc2C(=O)NCc2cccc(Cl)c2)c1C. The molecule has 0 fully saturated rings. The molecule has 0 bridgehead atoms. The second-order valence-corrected chi connectivity index (χ2v) is 9.61. The van der Waals surface area contributed by atoms with Crippen LogP contribution in [-0.4, -0.2) is 14.3 Å². The number of carbonyl (C=O) groups excluding carboxylic acids is 1. The zero-order valence-corrected chi connectivity index (χ0v) is 19.5. The summed E-state index contributed by atoms with van der Waals surface area (Å²) < 4.78 is 29.2. The van der Waals surface area contributed by atoms with Gasteiger partial charge in [-0.25, -0.2) is 8.42 Å². The third-order valence-electron chi connectivity index (χ3n) is 5.32. The van der Waals surface area contributed by atoms with Gasteiger partial charge in [0.1, 0.15) is 0 Å². The average Bonchev–Trinajstić information content (AvgIpc) is 2.71. The number of anilines is 1. The summed E-state index contributed by atoms with van der Waals surface area (Å²) in [6.07, 6.45) is 0. The Morgan fingerprint density at radius 1 is 0.903 bits per heavy atom. The molecule has 0 aromatic heterocycles. The zero-order valence-electron chi connectivity index (χ0n) is 17.9. The van der Waals surface area contributed by atoms with Crippen LogP contribution in [-0.2, 0) is 16.6 Å². The number of nitrogens with one attached hydrogen (secondary N) is 2. The highest BCUT2D eigenvalue weighted by atomic mass is 35.5. The van der Waals surface area contributed by atoms with Crippen molar-refractivity contribution in [2.75, 3.05) is 4.72 Å². The molecule has 0 radical (unpaired) electrons. The fourth-order valence-electron chi connectivity index (χ4n) is 3.47. The maximum absolute atomic E-state index is 13.3. The predicted octanol–water partition coefficient (Wildman–Crippen LogP) is 5.30. The molecule has 3 rings (SSSR count). The van der Waals surface area contributed by atoms with Crippen molar-refractivity contribution in [3.63, 3.8) is 0 Å². The smallest absolute Gasteiger partial charge is 0.262 e. The van der Waals surface area contributed by atoms with Crippen molar-refractivity contribution < 1.29 is 13.2 Å². The monoisotopic (exact) mass is 456 g/mol. The molecule has 0 saturated carbocycles. The van der Waals surface area contributed by atoms with Gasteiger partial charge in [-0.2, -0.15) is 0 Å². The Kier molecular flexibility index (Phi) is 6.72. The zero-order chi connectivity index (χ0) is 22.8. The van der Waals surface area contributed by atoms with Gasteiger partial charge in [-0.1, -0.05) is 41.9 Å². The van der Waals surface area contributed by atoms with E-state index in [-0.39, 0.29) is 28.6 Å². The Morgan fingerprint density at radius 2 is 1.55 bits per heavy atom. The molecule has 0 aliphatic rings. The number of hydrogen-bond donors (Lipinski definition) is 2. The van der Waals surface area contributed by atoms with Gasteiger partial charge in [0.25, 0.3) is 15.9 Å². The van der Waals surface area contributed by atoms with Crippen LogP contribution in [0.5, 0.6) is 0 Å². The van der Waals surface area contributed by atoms with Gasteiger partial charge in [-0.15, -0.1) is 0 Å². The fourth-order valence-corrected chi connectivity index (χ4v) is 5.38. The van der Waals surface area contributed by atoms with Crippen molar-refractivity contribution in [1.82, 2.24) is 5.32 Å². The van der Waals surface area contributed by atoms with Gasteiger partial charge >= 0.3 is 0 Å². The Balaban J connectivity index is 1.89. The normalized spacial score (nSPS) is 11.3. The molecule has 31 heavy (non-hydrogen) atoms. The molecule has 0 saturated heterocycles. The van der Waals surface area contributed by atoms with Gasteiger partial charge in [0.15, 0.2) is 0 Å². The third-order valence-corrected chi connectivity index (χ3v) is 7.20. The van der Waals surface area contributed by atoms with Gasteiger partial charge in [0, 0.05) is 11.6 Å². The van der Waals surface area contributed by atoms with E-state index in [9.17, 15) is 13.2 Å². The van der Waals surface area contributed by atoms with E-state index in [1.165, 1.54) is 0 Å². The molecule has 5 nitrogen and oxygen atoms in total. The molecule has 0 spiro atoms. The highest BCUT2D eigenvalue weighted by molar-refractivity contribution is 7.92. The van der Waals surface area contributed by atoms with Crippen molar-refractivity contribution in [3.05, 3.63) is 93.0 Å². The highest BCUT2D eigenvalue weighted by Gasteiger charge is 2.24.